The quantitative estimate of drug-likeness (QED) is 0.751. The molecule has 0 saturated carbocycles. The molecule has 1 N–H and O–H groups in total. The molecular weight excluding hydrogens is 232 g/mol. The third-order valence-electron chi connectivity index (χ3n) is 2.30. The molecule has 1 aromatic rings. The first kappa shape index (κ1) is 14.0. The van der Waals surface area contributed by atoms with Crippen LogP contribution < -0.4 is 4.74 Å². The monoisotopic (exact) mass is 248 g/mol. The van der Waals surface area contributed by atoms with Gasteiger partial charge in [-0.2, -0.15) is 0 Å². The number of carbonyl (C=O) groups is 2. The molecule has 0 spiro atoms. The fourth-order valence-corrected chi connectivity index (χ4v) is 1.37. The van der Waals surface area contributed by atoms with E-state index in [9.17, 15) is 9.59 Å². The van der Waals surface area contributed by atoms with E-state index >= 15 is 0 Å². The maximum absolute atomic E-state index is 10.8. The Bertz CT molecular complexity index is 432. The number of carboxylic acids is 1. The smallest absolute Gasteiger partial charge is 0.328 e. The molecule has 0 aromatic heterocycles. The highest BCUT2D eigenvalue weighted by atomic mass is 16.5. The van der Waals surface area contributed by atoms with E-state index in [1.165, 1.54) is 6.08 Å². The minimum atomic E-state index is -0.988. The molecule has 1 aromatic carbocycles. The van der Waals surface area contributed by atoms with Crippen LogP contribution in [-0.4, -0.2) is 23.5 Å². The predicted octanol–water partition coefficient (Wildman–Crippen LogP) is 2.23. The molecule has 0 amide bonds. The Hall–Kier alpha value is -2.10. The normalized spacial score (nSPS) is 10.5. The molecule has 1 rings (SSSR count). The van der Waals surface area contributed by atoms with E-state index < -0.39 is 5.97 Å². The number of hydrogen-bond acceptors (Lipinski definition) is 3. The predicted molar refractivity (Wildman–Crippen MR) is 67.7 cm³/mol. The number of carboxylic acid groups (broad SMARTS) is 1. The second-order valence-electron chi connectivity index (χ2n) is 3.90. The summed E-state index contributed by atoms with van der Waals surface area (Å²) in [7, 11) is 0. The van der Waals surface area contributed by atoms with Crippen molar-refractivity contribution in [1.29, 1.82) is 0 Å². The van der Waals surface area contributed by atoms with Gasteiger partial charge in [-0.15, -0.1) is 0 Å². The minimum Gasteiger partial charge on any atom is -0.490 e. The van der Waals surface area contributed by atoms with E-state index in [-0.39, 0.29) is 12.4 Å². The maximum Gasteiger partial charge on any atom is 0.328 e. The number of ether oxygens (including phenoxy) is 1. The van der Waals surface area contributed by atoms with E-state index in [0.29, 0.717) is 12.2 Å². The summed E-state index contributed by atoms with van der Waals surface area (Å²) in [6.45, 7) is 1.80. The van der Waals surface area contributed by atoms with E-state index in [4.69, 9.17) is 9.84 Å². The maximum atomic E-state index is 10.8. The SMILES string of the molecule is CC(=O)CCc1ccc(OC/C=C/C(=O)O)cc1. The zero-order valence-corrected chi connectivity index (χ0v) is 10.3. The Morgan fingerprint density at radius 3 is 2.50 bits per heavy atom. The van der Waals surface area contributed by atoms with E-state index in [1.54, 1.807) is 6.92 Å². The number of ketones is 1. The van der Waals surface area contributed by atoms with Crippen molar-refractivity contribution in [2.75, 3.05) is 6.61 Å². The molecule has 4 nitrogen and oxygen atoms in total. The Balaban J connectivity index is 2.40. The van der Waals surface area contributed by atoms with Crippen LogP contribution in [0.1, 0.15) is 18.9 Å². The summed E-state index contributed by atoms with van der Waals surface area (Å²) < 4.78 is 5.32. The van der Waals surface area contributed by atoms with Crippen LogP contribution in [0.3, 0.4) is 0 Å². The lowest BCUT2D eigenvalue weighted by molar-refractivity contribution is -0.131. The van der Waals surface area contributed by atoms with Gasteiger partial charge in [-0.1, -0.05) is 12.1 Å². The molecule has 18 heavy (non-hydrogen) atoms. The van der Waals surface area contributed by atoms with Crippen molar-refractivity contribution in [3.05, 3.63) is 42.0 Å². The van der Waals surface area contributed by atoms with Gasteiger partial charge in [0, 0.05) is 12.5 Å². The first-order chi connectivity index (χ1) is 8.58. The molecule has 0 aliphatic rings. The van der Waals surface area contributed by atoms with Gasteiger partial charge in [0.1, 0.15) is 18.1 Å². The molecule has 96 valence electrons. The number of carbonyl (C=O) groups excluding carboxylic acids is 1. The number of Topliss-reactive ketones (excluding diaryl/α,β-unsaturated/α-hetero) is 1. The van der Waals surface area contributed by atoms with Crippen molar-refractivity contribution in [3.8, 4) is 5.75 Å². The standard InChI is InChI=1S/C14H16O4/c1-11(15)4-5-12-6-8-13(9-7-12)18-10-2-3-14(16)17/h2-3,6-9H,4-5,10H2,1H3,(H,16,17)/b3-2+. The van der Waals surface area contributed by atoms with E-state index in [0.717, 1.165) is 18.1 Å². The van der Waals surface area contributed by atoms with Crippen molar-refractivity contribution < 1.29 is 19.4 Å². The summed E-state index contributed by atoms with van der Waals surface area (Å²) in [4.78, 5) is 21.0. The number of benzene rings is 1. The number of aliphatic carboxylic acids is 1. The number of rotatable bonds is 7. The summed E-state index contributed by atoms with van der Waals surface area (Å²) in [6, 6.07) is 7.42. The van der Waals surface area contributed by atoms with Gasteiger partial charge in [0.05, 0.1) is 0 Å². The van der Waals surface area contributed by atoms with Crippen LogP contribution in [0.4, 0.5) is 0 Å². The molecule has 0 aliphatic heterocycles. The van der Waals surface area contributed by atoms with Crippen LogP contribution >= 0.6 is 0 Å². The van der Waals surface area contributed by atoms with Crippen LogP contribution in [0.15, 0.2) is 36.4 Å². The third-order valence-corrected chi connectivity index (χ3v) is 2.30. The van der Waals surface area contributed by atoms with Gasteiger partial charge in [-0.05, 0) is 37.1 Å². The van der Waals surface area contributed by atoms with Crippen molar-refractivity contribution in [1.82, 2.24) is 0 Å². The molecule has 0 atom stereocenters. The Morgan fingerprint density at radius 1 is 1.28 bits per heavy atom. The van der Waals surface area contributed by atoms with E-state index in [1.807, 2.05) is 24.3 Å². The Labute approximate surface area is 106 Å². The summed E-state index contributed by atoms with van der Waals surface area (Å²) in [6.07, 6.45) is 3.75. The van der Waals surface area contributed by atoms with Crippen molar-refractivity contribution >= 4 is 11.8 Å². The highest BCUT2D eigenvalue weighted by Gasteiger charge is 1.98. The molecule has 4 heteroatoms. The fraction of sp³-hybridized carbons (Fsp3) is 0.286. The topological polar surface area (TPSA) is 63.6 Å². The molecule has 0 radical (unpaired) electrons. The molecule has 0 bridgehead atoms. The van der Waals surface area contributed by atoms with Crippen LogP contribution in [0, 0.1) is 0 Å². The lowest BCUT2D eigenvalue weighted by atomic mass is 10.1. The molecule has 0 unspecified atom stereocenters. The van der Waals surface area contributed by atoms with Crippen LogP contribution in [0.5, 0.6) is 5.75 Å². The summed E-state index contributed by atoms with van der Waals surface area (Å²) in [5.74, 6) is -0.135. The Kier molecular flexibility index (Phi) is 5.64. The van der Waals surface area contributed by atoms with Crippen LogP contribution in [-0.2, 0) is 16.0 Å². The van der Waals surface area contributed by atoms with E-state index in [2.05, 4.69) is 0 Å². The van der Waals surface area contributed by atoms with Crippen LogP contribution in [0.2, 0.25) is 0 Å². The van der Waals surface area contributed by atoms with Gasteiger partial charge >= 0.3 is 5.97 Å². The molecule has 0 fully saturated rings. The van der Waals surface area contributed by atoms with Gasteiger partial charge in [0.15, 0.2) is 0 Å². The van der Waals surface area contributed by atoms with Gasteiger partial charge in [0.25, 0.3) is 0 Å². The third kappa shape index (κ3) is 5.84. The molecule has 0 heterocycles. The summed E-state index contributed by atoms with van der Waals surface area (Å²) in [5.41, 5.74) is 1.08. The zero-order chi connectivity index (χ0) is 13.4. The summed E-state index contributed by atoms with van der Waals surface area (Å²) in [5, 5.41) is 8.38. The zero-order valence-electron chi connectivity index (χ0n) is 10.3. The highest BCUT2D eigenvalue weighted by Crippen LogP contribution is 2.13. The van der Waals surface area contributed by atoms with Gasteiger partial charge in [0.2, 0.25) is 0 Å². The molecular formula is C14H16O4. The van der Waals surface area contributed by atoms with Crippen molar-refractivity contribution in [2.45, 2.75) is 19.8 Å². The minimum absolute atomic E-state index is 0.175. The number of aryl methyl sites for hydroxylation is 1. The first-order valence-electron chi connectivity index (χ1n) is 5.68. The van der Waals surface area contributed by atoms with Crippen molar-refractivity contribution in [3.63, 3.8) is 0 Å². The summed E-state index contributed by atoms with van der Waals surface area (Å²) >= 11 is 0. The fourth-order valence-electron chi connectivity index (χ4n) is 1.37. The van der Waals surface area contributed by atoms with Crippen molar-refractivity contribution in [2.24, 2.45) is 0 Å². The number of hydrogen-bond donors (Lipinski definition) is 1. The average Bonchev–Trinajstić information content (AvgIpc) is 2.33. The Morgan fingerprint density at radius 2 is 1.94 bits per heavy atom. The second kappa shape index (κ2) is 7.27. The van der Waals surface area contributed by atoms with Gasteiger partial charge < -0.3 is 14.6 Å². The largest absolute Gasteiger partial charge is 0.490 e. The lowest BCUT2D eigenvalue weighted by Gasteiger charge is -2.04. The molecule has 0 aliphatic carbocycles. The van der Waals surface area contributed by atoms with Gasteiger partial charge in [-0.25, -0.2) is 4.79 Å². The second-order valence-corrected chi connectivity index (χ2v) is 3.90. The highest BCUT2D eigenvalue weighted by molar-refractivity contribution is 5.79. The van der Waals surface area contributed by atoms with Gasteiger partial charge in [-0.3, -0.25) is 0 Å². The van der Waals surface area contributed by atoms with Crippen LogP contribution in [0.25, 0.3) is 0 Å². The first-order valence-corrected chi connectivity index (χ1v) is 5.68. The average molecular weight is 248 g/mol. The molecule has 0 saturated heterocycles. The lowest BCUT2D eigenvalue weighted by Crippen LogP contribution is -1.97.